The highest BCUT2D eigenvalue weighted by molar-refractivity contribution is 5.86. The highest BCUT2D eigenvalue weighted by atomic mass is 16.5. The van der Waals surface area contributed by atoms with E-state index in [1.807, 2.05) is 0 Å². The quantitative estimate of drug-likeness (QED) is 0.0451. The van der Waals surface area contributed by atoms with Gasteiger partial charge in [0.15, 0.2) is 0 Å². The minimum absolute atomic E-state index is 0.216. The van der Waals surface area contributed by atoms with Gasteiger partial charge in [0.05, 0.1) is 6.61 Å². The number of hydrogen-bond acceptors (Lipinski definition) is 2. The Kier molecular flexibility index (Phi) is 32.1. The first-order valence-corrected chi connectivity index (χ1v) is 18.4. The monoisotopic (exact) mass is 563 g/mol. The van der Waals surface area contributed by atoms with Gasteiger partial charge in [0.25, 0.3) is 0 Å². The van der Waals surface area contributed by atoms with Crippen LogP contribution in [0.15, 0.2) is 12.2 Å². The third kappa shape index (κ3) is 30.2. The first kappa shape index (κ1) is 39.2. The van der Waals surface area contributed by atoms with Crippen LogP contribution in [0.4, 0.5) is 0 Å². The molecule has 2 heteroatoms. The third-order valence-corrected chi connectivity index (χ3v) is 8.73. The highest BCUT2D eigenvalue weighted by Crippen LogP contribution is 2.21. The molecular formula is C38H74O2. The summed E-state index contributed by atoms with van der Waals surface area (Å²) in [5.74, 6) is 0.310. The summed E-state index contributed by atoms with van der Waals surface area (Å²) in [6, 6.07) is 0. The van der Waals surface area contributed by atoms with Crippen LogP contribution < -0.4 is 0 Å². The lowest BCUT2D eigenvalue weighted by Crippen LogP contribution is -2.15. The normalized spacial score (nSPS) is 12.1. The Bertz CT molecular complexity index is 526. The molecule has 0 aliphatic carbocycles. The van der Waals surface area contributed by atoms with Crippen LogP contribution in [0.25, 0.3) is 0 Å². The number of ether oxygens (including phenoxy) is 1. The van der Waals surface area contributed by atoms with Crippen molar-refractivity contribution in [3.63, 3.8) is 0 Å². The van der Waals surface area contributed by atoms with Gasteiger partial charge in [-0.25, -0.2) is 4.79 Å². The zero-order valence-electron chi connectivity index (χ0n) is 28.0. The van der Waals surface area contributed by atoms with Gasteiger partial charge in [-0.2, -0.15) is 0 Å². The fourth-order valence-corrected chi connectivity index (χ4v) is 5.88. The van der Waals surface area contributed by atoms with Crippen LogP contribution >= 0.6 is 0 Å². The predicted molar refractivity (Wildman–Crippen MR) is 179 cm³/mol. The molecular weight excluding hydrogens is 488 g/mol. The summed E-state index contributed by atoms with van der Waals surface area (Å²) in [5, 5.41) is 0. The summed E-state index contributed by atoms with van der Waals surface area (Å²) in [5.41, 5.74) is 0.520. The van der Waals surface area contributed by atoms with E-state index < -0.39 is 0 Å². The van der Waals surface area contributed by atoms with E-state index in [2.05, 4.69) is 20.4 Å². The van der Waals surface area contributed by atoms with Crippen LogP contribution in [0.2, 0.25) is 0 Å². The van der Waals surface area contributed by atoms with E-state index in [9.17, 15) is 4.79 Å². The molecule has 238 valence electrons. The van der Waals surface area contributed by atoms with Gasteiger partial charge < -0.3 is 4.74 Å². The van der Waals surface area contributed by atoms with Gasteiger partial charge in [-0.15, -0.1) is 0 Å². The molecule has 0 aliphatic heterocycles. The van der Waals surface area contributed by atoms with Crippen LogP contribution in [0, 0.1) is 5.92 Å². The van der Waals surface area contributed by atoms with Crippen LogP contribution in [0.3, 0.4) is 0 Å². The second-order valence-corrected chi connectivity index (χ2v) is 13.0. The topological polar surface area (TPSA) is 26.3 Å². The van der Waals surface area contributed by atoms with E-state index in [1.54, 1.807) is 6.92 Å². The molecule has 40 heavy (non-hydrogen) atoms. The maximum atomic E-state index is 11.9. The summed E-state index contributed by atoms with van der Waals surface area (Å²) in [4.78, 5) is 11.9. The molecule has 0 saturated carbocycles. The van der Waals surface area contributed by atoms with E-state index >= 15 is 0 Å². The number of carbonyl (C=O) groups excluding carboxylic acids is 1. The van der Waals surface area contributed by atoms with E-state index in [-0.39, 0.29) is 5.97 Å². The number of rotatable bonds is 33. The highest BCUT2D eigenvalue weighted by Gasteiger charge is 2.12. The minimum atomic E-state index is -0.216. The molecule has 0 saturated heterocycles. The summed E-state index contributed by atoms with van der Waals surface area (Å²) in [6.45, 7) is 10.7. The Hall–Kier alpha value is -0.790. The lowest BCUT2D eigenvalue weighted by atomic mass is 9.94. The molecule has 0 heterocycles. The molecule has 0 N–H and O–H groups in total. The molecule has 1 unspecified atom stereocenters. The summed E-state index contributed by atoms with van der Waals surface area (Å²) in [7, 11) is 0. The number of carbonyl (C=O) groups is 1. The van der Waals surface area contributed by atoms with Gasteiger partial charge in [0.2, 0.25) is 0 Å². The number of unbranched alkanes of at least 4 members (excludes halogenated alkanes) is 26. The average molecular weight is 563 g/mol. The molecule has 0 spiro atoms. The van der Waals surface area contributed by atoms with Crippen molar-refractivity contribution in [1.82, 2.24) is 0 Å². The second-order valence-electron chi connectivity index (χ2n) is 13.0. The van der Waals surface area contributed by atoms with Crippen molar-refractivity contribution in [3.8, 4) is 0 Å². The van der Waals surface area contributed by atoms with Crippen LogP contribution in [0.5, 0.6) is 0 Å². The maximum Gasteiger partial charge on any atom is 0.333 e. The zero-order chi connectivity index (χ0) is 29.4. The van der Waals surface area contributed by atoms with Gasteiger partial charge in [0.1, 0.15) is 0 Å². The van der Waals surface area contributed by atoms with Crippen molar-refractivity contribution in [1.29, 1.82) is 0 Å². The first-order valence-electron chi connectivity index (χ1n) is 18.4. The third-order valence-electron chi connectivity index (χ3n) is 8.73. The molecule has 0 fully saturated rings. The van der Waals surface area contributed by atoms with Crippen molar-refractivity contribution >= 4 is 5.97 Å². The van der Waals surface area contributed by atoms with Crippen LogP contribution in [-0.4, -0.2) is 12.6 Å². The van der Waals surface area contributed by atoms with Crippen LogP contribution in [0.1, 0.15) is 213 Å². The molecule has 0 amide bonds. The Morgan fingerprint density at radius 3 is 0.975 bits per heavy atom. The van der Waals surface area contributed by atoms with Crippen molar-refractivity contribution < 1.29 is 9.53 Å². The largest absolute Gasteiger partial charge is 0.462 e. The Labute approximate surface area is 253 Å². The van der Waals surface area contributed by atoms with Crippen molar-refractivity contribution in [2.24, 2.45) is 5.92 Å². The Balaban J connectivity index is 3.75. The fraction of sp³-hybridized carbons (Fsp3) is 0.921. The van der Waals surface area contributed by atoms with Gasteiger partial charge in [0, 0.05) is 5.57 Å². The second kappa shape index (κ2) is 32.7. The van der Waals surface area contributed by atoms with E-state index in [0.29, 0.717) is 18.1 Å². The lowest BCUT2D eigenvalue weighted by Gasteiger charge is -2.17. The van der Waals surface area contributed by atoms with Crippen LogP contribution in [-0.2, 0) is 9.53 Å². The summed E-state index contributed by atoms with van der Waals surface area (Å²) in [6.07, 6.45) is 41.7. The van der Waals surface area contributed by atoms with E-state index in [4.69, 9.17) is 4.74 Å². The smallest absolute Gasteiger partial charge is 0.333 e. The Morgan fingerprint density at radius 2 is 0.725 bits per heavy atom. The van der Waals surface area contributed by atoms with Gasteiger partial charge in [-0.3, -0.25) is 0 Å². The molecule has 0 aliphatic rings. The van der Waals surface area contributed by atoms with Crippen molar-refractivity contribution in [3.05, 3.63) is 12.2 Å². The average Bonchev–Trinajstić information content (AvgIpc) is 2.95. The molecule has 0 rings (SSSR count). The first-order chi connectivity index (χ1) is 19.6. The van der Waals surface area contributed by atoms with Gasteiger partial charge in [-0.05, 0) is 25.7 Å². The fourth-order valence-electron chi connectivity index (χ4n) is 5.88. The molecule has 2 nitrogen and oxygen atoms in total. The van der Waals surface area contributed by atoms with E-state index in [1.165, 1.54) is 193 Å². The molecule has 0 aromatic carbocycles. The van der Waals surface area contributed by atoms with Crippen molar-refractivity contribution in [2.45, 2.75) is 213 Å². The van der Waals surface area contributed by atoms with Gasteiger partial charge in [-0.1, -0.05) is 200 Å². The predicted octanol–water partition coefficient (Wildman–Crippen LogP) is 13.5. The molecule has 0 radical (unpaired) electrons. The van der Waals surface area contributed by atoms with E-state index in [0.717, 1.165) is 0 Å². The Morgan fingerprint density at radius 1 is 0.475 bits per heavy atom. The standard InChI is InChI=1S/C38H74O2/c1-5-7-9-11-13-15-17-19-20-21-22-24-26-28-30-32-34-37(35-40-38(39)36(3)4)33-31-29-27-25-23-18-16-14-12-10-8-6-2/h37H,3,5-35H2,1-2,4H3. The lowest BCUT2D eigenvalue weighted by molar-refractivity contribution is -0.140. The molecule has 1 atom stereocenters. The van der Waals surface area contributed by atoms with Crippen molar-refractivity contribution in [2.75, 3.05) is 6.61 Å². The number of hydrogen-bond donors (Lipinski definition) is 0. The summed E-state index contributed by atoms with van der Waals surface area (Å²) < 4.78 is 5.56. The molecule has 0 bridgehead atoms. The zero-order valence-corrected chi connectivity index (χ0v) is 28.0. The summed E-state index contributed by atoms with van der Waals surface area (Å²) >= 11 is 0. The number of esters is 1. The SMILES string of the molecule is C=C(C)C(=O)OCC(CCCCCCCCCCCCCC)CCCCCCCCCCCCCCCCCC. The van der Waals surface area contributed by atoms with Gasteiger partial charge >= 0.3 is 5.97 Å². The molecule has 0 aromatic heterocycles. The molecule has 0 aromatic rings. The maximum absolute atomic E-state index is 11.9. The minimum Gasteiger partial charge on any atom is -0.462 e.